The smallest absolute Gasteiger partial charge is 0.159 e. The van der Waals surface area contributed by atoms with Crippen LogP contribution in [0.25, 0.3) is 0 Å². The second kappa shape index (κ2) is 7.50. The van der Waals surface area contributed by atoms with Crippen LogP contribution in [0.1, 0.15) is 19.8 Å². The molecule has 0 aromatic heterocycles. The van der Waals surface area contributed by atoms with E-state index in [-0.39, 0.29) is 0 Å². The van der Waals surface area contributed by atoms with E-state index in [2.05, 4.69) is 39.1 Å². The van der Waals surface area contributed by atoms with Crippen molar-refractivity contribution in [1.82, 2.24) is 4.90 Å². The van der Waals surface area contributed by atoms with Crippen LogP contribution in [-0.4, -0.2) is 36.5 Å². The highest BCUT2D eigenvalue weighted by molar-refractivity contribution is 6.28. The second-order valence-electron chi connectivity index (χ2n) is 4.93. The fourth-order valence-corrected chi connectivity index (χ4v) is 2.67. The molecule has 4 heteroatoms. The first-order valence-electron chi connectivity index (χ1n) is 7.43. The van der Waals surface area contributed by atoms with Gasteiger partial charge in [-0.3, -0.25) is 4.99 Å². The Balaban J connectivity index is 2.54. The first-order chi connectivity index (χ1) is 10.8. The highest BCUT2D eigenvalue weighted by Crippen LogP contribution is 2.27. The highest BCUT2D eigenvalue weighted by atomic mass is 15.2. The third-order valence-corrected chi connectivity index (χ3v) is 3.61. The lowest BCUT2D eigenvalue weighted by molar-refractivity contribution is 0.475. The molecule has 0 bridgehead atoms. The lowest BCUT2D eigenvalue weighted by atomic mass is 9.99. The van der Waals surface area contributed by atoms with Crippen LogP contribution in [0.4, 0.5) is 0 Å². The average molecular weight is 294 g/mol. The van der Waals surface area contributed by atoms with Gasteiger partial charge in [0, 0.05) is 19.3 Å². The van der Waals surface area contributed by atoms with Gasteiger partial charge >= 0.3 is 0 Å². The number of amidine groups is 2. The van der Waals surface area contributed by atoms with Gasteiger partial charge in [0.2, 0.25) is 0 Å². The zero-order valence-electron chi connectivity index (χ0n) is 13.3. The lowest BCUT2D eigenvalue weighted by Crippen LogP contribution is -2.38. The van der Waals surface area contributed by atoms with Gasteiger partial charge in [-0.2, -0.15) is 0 Å². The molecule has 2 rings (SSSR count). The maximum absolute atomic E-state index is 4.50. The molecule has 114 valence electrons. The van der Waals surface area contributed by atoms with E-state index in [0.717, 1.165) is 36.5 Å². The molecule has 0 N–H and O–H groups in total. The molecule has 2 aliphatic heterocycles. The number of allylic oxidation sites excluding steroid dienone is 6. The van der Waals surface area contributed by atoms with E-state index in [4.69, 9.17) is 0 Å². The van der Waals surface area contributed by atoms with E-state index >= 15 is 0 Å². The third kappa shape index (κ3) is 3.06. The third-order valence-electron chi connectivity index (χ3n) is 3.61. The van der Waals surface area contributed by atoms with Gasteiger partial charge in [-0.05, 0) is 37.5 Å². The Morgan fingerprint density at radius 1 is 1.36 bits per heavy atom. The zero-order valence-corrected chi connectivity index (χ0v) is 13.3. The Bertz CT molecular complexity index is 642. The van der Waals surface area contributed by atoms with Crippen molar-refractivity contribution in [3.8, 4) is 0 Å². The van der Waals surface area contributed by atoms with Crippen LogP contribution in [0.15, 0.2) is 75.4 Å². The monoisotopic (exact) mass is 294 g/mol. The van der Waals surface area contributed by atoms with E-state index in [9.17, 15) is 0 Å². The summed E-state index contributed by atoms with van der Waals surface area (Å²) in [6, 6.07) is 0. The molecule has 2 heterocycles. The molecular formula is C18H22N4. The van der Waals surface area contributed by atoms with Gasteiger partial charge in [-0.1, -0.05) is 31.4 Å². The SMILES string of the molecule is C=C/C=C1/C(N2CCCC(C=C)=C2/C=C\C)=NC=N/C1=N/C. The summed E-state index contributed by atoms with van der Waals surface area (Å²) in [5, 5.41) is 0. The molecule has 0 aromatic carbocycles. The molecule has 0 radical (unpaired) electrons. The fourth-order valence-electron chi connectivity index (χ4n) is 2.67. The van der Waals surface area contributed by atoms with Crippen LogP contribution in [-0.2, 0) is 0 Å². The van der Waals surface area contributed by atoms with Gasteiger partial charge in [0.15, 0.2) is 5.84 Å². The zero-order chi connectivity index (χ0) is 15.9. The molecule has 0 saturated carbocycles. The number of aliphatic imine (C=N–C) groups is 3. The van der Waals surface area contributed by atoms with E-state index in [0.29, 0.717) is 5.84 Å². The summed E-state index contributed by atoms with van der Waals surface area (Å²) in [6.45, 7) is 10.7. The van der Waals surface area contributed by atoms with Gasteiger partial charge in [-0.15, -0.1) is 0 Å². The van der Waals surface area contributed by atoms with Crippen molar-refractivity contribution in [2.24, 2.45) is 15.0 Å². The summed E-state index contributed by atoms with van der Waals surface area (Å²) in [7, 11) is 1.74. The molecule has 0 amide bonds. The van der Waals surface area contributed by atoms with Crippen LogP contribution in [0.3, 0.4) is 0 Å². The van der Waals surface area contributed by atoms with Gasteiger partial charge in [0.05, 0.1) is 5.57 Å². The Hall–Kier alpha value is -2.49. The minimum atomic E-state index is 0.676. The van der Waals surface area contributed by atoms with Gasteiger partial charge in [0.25, 0.3) is 0 Å². The lowest BCUT2D eigenvalue weighted by Gasteiger charge is -2.33. The maximum Gasteiger partial charge on any atom is 0.159 e. The Morgan fingerprint density at radius 2 is 2.18 bits per heavy atom. The van der Waals surface area contributed by atoms with Gasteiger partial charge < -0.3 is 4.90 Å². The largest absolute Gasteiger partial charge is 0.325 e. The van der Waals surface area contributed by atoms with Crippen molar-refractivity contribution in [3.63, 3.8) is 0 Å². The molecular weight excluding hydrogens is 272 g/mol. The number of hydrogen-bond donors (Lipinski definition) is 0. The summed E-state index contributed by atoms with van der Waals surface area (Å²) >= 11 is 0. The first-order valence-corrected chi connectivity index (χ1v) is 7.43. The number of hydrogen-bond acceptors (Lipinski definition) is 3. The summed E-state index contributed by atoms with van der Waals surface area (Å²) in [5.74, 6) is 1.54. The molecule has 2 aliphatic rings. The normalized spacial score (nSPS) is 22.6. The second-order valence-corrected chi connectivity index (χ2v) is 4.93. The first kappa shape index (κ1) is 15.9. The molecule has 0 aromatic rings. The molecule has 0 unspecified atom stereocenters. The van der Waals surface area contributed by atoms with Crippen molar-refractivity contribution < 1.29 is 0 Å². The van der Waals surface area contributed by atoms with E-state index in [1.54, 1.807) is 19.5 Å². The summed E-state index contributed by atoms with van der Waals surface area (Å²) in [4.78, 5) is 15.2. The number of nitrogens with zero attached hydrogens (tertiary/aromatic N) is 4. The molecule has 0 aliphatic carbocycles. The molecule has 22 heavy (non-hydrogen) atoms. The average Bonchev–Trinajstić information content (AvgIpc) is 2.56. The number of rotatable bonds is 3. The van der Waals surface area contributed by atoms with Crippen LogP contribution in [0.5, 0.6) is 0 Å². The van der Waals surface area contributed by atoms with Crippen LogP contribution < -0.4 is 0 Å². The molecule has 4 nitrogen and oxygen atoms in total. The minimum Gasteiger partial charge on any atom is -0.325 e. The van der Waals surface area contributed by atoms with Gasteiger partial charge in [-0.25, -0.2) is 9.98 Å². The van der Waals surface area contributed by atoms with Crippen LogP contribution >= 0.6 is 0 Å². The fraction of sp³-hybridized carbons (Fsp3) is 0.278. The molecule has 0 saturated heterocycles. The summed E-state index contributed by atoms with van der Waals surface area (Å²) in [5.41, 5.74) is 3.28. The standard InChI is InChI=1S/C18H22N4/c1-5-9-15-17(19-4)20-13-21-18(15)22-12-8-11-14(7-3)16(22)10-6-2/h5-7,9-10,13H,1,3,8,11-12H2,2,4H3/b10-6-,15-9+,19-17+. The molecule has 0 spiro atoms. The van der Waals surface area contributed by atoms with E-state index in [1.807, 2.05) is 25.2 Å². The van der Waals surface area contributed by atoms with Crippen molar-refractivity contribution in [2.75, 3.05) is 13.6 Å². The molecule has 0 fully saturated rings. The Morgan fingerprint density at radius 3 is 2.82 bits per heavy atom. The Labute approximate surface area is 132 Å². The van der Waals surface area contributed by atoms with Crippen molar-refractivity contribution in [1.29, 1.82) is 0 Å². The van der Waals surface area contributed by atoms with Crippen molar-refractivity contribution >= 4 is 18.0 Å². The maximum atomic E-state index is 4.50. The summed E-state index contributed by atoms with van der Waals surface area (Å²) in [6.07, 6.45) is 13.4. The predicted octanol–water partition coefficient (Wildman–Crippen LogP) is 3.68. The van der Waals surface area contributed by atoms with E-state index in [1.165, 1.54) is 5.57 Å². The summed E-state index contributed by atoms with van der Waals surface area (Å²) < 4.78 is 0. The van der Waals surface area contributed by atoms with Crippen LogP contribution in [0.2, 0.25) is 0 Å². The van der Waals surface area contributed by atoms with Crippen LogP contribution in [0, 0.1) is 0 Å². The minimum absolute atomic E-state index is 0.676. The topological polar surface area (TPSA) is 40.3 Å². The quantitative estimate of drug-likeness (QED) is 0.782. The molecule has 0 atom stereocenters. The van der Waals surface area contributed by atoms with Crippen molar-refractivity contribution in [3.05, 3.63) is 60.4 Å². The van der Waals surface area contributed by atoms with E-state index < -0.39 is 0 Å². The highest BCUT2D eigenvalue weighted by Gasteiger charge is 2.26. The predicted molar refractivity (Wildman–Crippen MR) is 95.5 cm³/mol. The van der Waals surface area contributed by atoms with Gasteiger partial charge in [0.1, 0.15) is 12.2 Å². The van der Waals surface area contributed by atoms with Crippen molar-refractivity contribution in [2.45, 2.75) is 19.8 Å². The Kier molecular flexibility index (Phi) is 5.42.